The van der Waals surface area contributed by atoms with Gasteiger partial charge >= 0.3 is 0 Å². The lowest BCUT2D eigenvalue weighted by Crippen LogP contribution is -2.50. The number of para-hydroxylation sites is 1. The third kappa shape index (κ3) is 5.30. The second-order valence-corrected chi connectivity index (χ2v) is 8.99. The predicted octanol–water partition coefficient (Wildman–Crippen LogP) is 3.95. The summed E-state index contributed by atoms with van der Waals surface area (Å²) in [7, 11) is -2.31. The maximum atomic E-state index is 14.4. The van der Waals surface area contributed by atoms with Crippen molar-refractivity contribution in [1.82, 2.24) is 5.32 Å². The van der Waals surface area contributed by atoms with E-state index in [4.69, 9.17) is 4.74 Å². The first kappa shape index (κ1) is 23.7. The number of nitrogens with zero attached hydrogens (tertiary/aromatic N) is 1. The predicted molar refractivity (Wildman–Crippen MR) is 117 cm³/mol. The van der Waals surface area contributed by atoms with E-state index in [-0.39, 0.29) is 18.2 Å². The lowest BCUT2D eigenvalue weighted by molar-refractivity contribution is -0.123. The van der Waals surface area contributed by atoms with Crippen LogP contribution >= 0.6 is 0 Å². The van der Waals surface area contributed by atoms with Crippen LogP contribution in [-0.2, 0) is 14.8 Å². The van der Waals surface area contributed by atoms with E-state index in [1.165, 1.54) is 24.3 Å². The zero-order valence-electron chi connectivity index (χ0n) is 18.0. The summed E-state index contributed by atoms with van der Waals surface area (Å²) in [5.41, 5.74) is 1.67. The van der Waals surface area contributed by atoms with Crippen LogP contribution in [0.25, 0.3) is 0 Å². The summed E-state index contributed by atoms with van der Waals surface area (Å²) in [5.74, 6) is -0.437. The van der Waals surface area contributed by atoms with Crippen LogP contribution in [0.5, 0.6) is 5.75 Å². The number of halogens is 1. The Morgan fingerprint density at radius 3 is 2.33 bits per heavy atom. The summed E-state index contributed by atoms with van der Waals surface area (Å²) < 4.78 is 45.5. The van der Waals surface area contributed by atoms with Gasteiger partial charge in [0.15, 0.2) is 0 Å². The standard InChI is InChI=1S/C22H29FN2O4S/c1-6-18(16-12-13-21(29-4)15(3)14-16)24-22(26)19(7-2)25(30(5,27)28)20-11-9-8-10-17(20)23/h8-14,18-19H,6-7H2,1-5H3,(H,24,26)/t18-,19-/m1/s1. The first-order chi connectivity index (χ1) is 14.1. The largest absolute Gasteiger partial charge is 0.496 e. The van der Waals surface area contributed by atoms with E-state index >= 15 is 0 Å². The molecule has 6 nitrogen and oxygen atoms in total. The van der Waals surface area contributed by atoms with Crippen LogP contribution in [0.3, 0.4) is 0 Å². The molecule has 0 aliphatic heterocycles. The van der Waals surface area contributed by atoms with Crippen molar-refractivity contribution in [3.05, 3.63) is 59.4 Å². The molecule has 0 unspecified atom stereocenters. The zero-order valence-corrected chi connectivity index (χ0v) is 18.8. The van der Waals surface area contributed by atoms with Gasteiger partial charge in [-0.25, -0.2) is 12.8 Å². The van der Waals surface area contributed by atoms with Gasteiger partial charge < -0.3 is 10.1 Å². The smallest absolute Gasteiger partial charge is 0.244 e. The molecule has 0 saturated carbocycles. The number of hydrogen-bond acceptors (Lipinski definition) is 4. The number of sulfonamides is 1. The van der Waals surface area contributed by atoms with Gasteiger partial charge in [-0.05, 0) is 49.1 Å². The van der Waals surface area contributed by atoms with Gasteiger partial charge in [-0.2, -0.15) is 0 Å². The van der Waals surface area contributed by atoms with Crippen molar-refractivity contribution in [3.8, 4) is 5.75 Å². The van der Waals surface area contributed by atoms with Gasteiger partial charge in [-0.1, -0.05) is 38.1 Å². The molecule has 1 amide bonds. The fourth-order valence-electron chi connectivity index (χ4n) is 3.47. The molecule has 30 heavy (non-hydrogen) atoms. The van der Waals surface area contributed by atoms with Crippen LogP contribution in [0.1, 0.15) is 43.9 Å². The summed E-state index contributed by atoms with van der Waals surface area (Å²) in [5, 5.41) is 2.93. The molecule has 0 aliphatic carbocycles. The number of aryl methyl sites for hydroxylation is 1. The number of carbonyl (C=O) groups excluding carboxylic acids is 1. The Labute approximate surface area is 178 Å². The normalized spacial score (nSPS) is 13.4. The molecular formula is C22H29FN2O4S. The van der Waals surface area contributed by atoms with Crippen LogP contribution < -0.4 is 14.4 Å². The van der Waals surface area contributed by atoms with Crippen LogP contribution in [0, 0.1) is 12.7 Å². The second-order valence-electron chi connectivity index (χ2n) is 7.13. The molecule has 0 spiro atoms. The van der Waals surface area contributed by atoms with E-state index in [1.807, 2.05) is 32.0 Å². The van der Waals surface area contributed by atoms with Crippen LogP contribution in [-0.4, -0.2) is 33.7 Å². The minimum absolute atomic E-state index is 0.143. The fourth-order valence-corrected chi connectivity index (χ4v) is 4.69. The minimum atomic E-state index is -3.90. The number of rotatable bonds is 9. The van der Waals surface area contributed by atoms with Crippen molar-refractivity contribution in [3.63, 3.8) is 0 Å². The number of anilines is 1. The topological polar surface area (TPSA) is 75.7 Å². The highest BCUT2D eigenvalue weighted by Crippen LogP contribution is 2.27. The van der Waals surface area contributed by atoms with Crippen molar-refractivity contribution >= 4 is 21.6 Å². The fraction of sp³-hybridized carbons (Fsp3) is 0.409. The third-order valence-corrected chi connectivity index (χ3v) is 6.13. The number of ether oxygens (including phenoxy) is 1. The maximum absolute atomic E-state index is 14.4. The van der Waals surface area contributed by atoms with E-state index < -0.39 is 27.8 Å². The van der Waals surface area contributed by atoms with Gasteiger partial charge in [0.1, 0.15) is 17.6 Å². The van der Waals surface area contributed by atoms with Gasteiger partial charge in [0.2, 0.25) is 15.9 Å². The summed E-state index contributed by atoms with van der Waals surface area (Å²) in [4.78, 5) is 13.1. The quantitative estimate of drug-likeness (QED) is 0.646. The highest BCUT2D eigenvalue weighted by molar-refractivity contribution is 7.92. The molecule has 2 rings (SSSR count). The van der Waals surface area contributed by atoms with Crippen molar-refractivity contribution in [2.45, 2.75) is 45.7 Å². The molecule has 8 heteroatoms. The van der Waals surface area contributed by atoms with Crippen molar-refractivity contribution in [2.75, 3.05) is 17.7 Å². The molecule has 0 radical (unpaired) electrons. The van der Waals surface area contributed by atoms with Crippen LogP contribution in [0.2, 0.25) is 0 Å². The Bertz CT molecular complexity index is 994. The summed E-state index contributed by atoms with van der Waals surface area (Å²) in [6.07, 6.45) is 1.76. The SMILES string of the molecule is CC[C@H](C(=O)N[C@H](CC)c1ccc(OC)c(C)c1)N(c1ccccc1F)S(C)(=O)=O. The first-order valence-corrected chi connectivity index (χ1v) is 11.7. The van der Waals surface area contributed by atoms with E-state index in [1.54, 1.807) is 14.0 Å². The zero-order chi connectivity index (χ0) is 22.5. The number of carbonyl (C=O) groups is 1. The van der Waals surface area contributed by atoms with Crippen LogP contribution in [0.4, 0.5) is 10.1 Å². The highest BCUT2D eigenvalue weighted by atomic mass is 32.2. The maximum Gasteiger partial charge on any atom is 0.244 e. The average Bonchev–Trinajstić information content (AvgIpc) is 2.69. The molecular weight excluding hydrogens is 407 g/mol. The number of nitrogens with one attached hydrogen (secondary N) is 1. The van der Waals surface area contributed by atoms with Crippen molar-refractivity contribution < 1.29 is 22.3 Å². The molecule has 0 fully saturated rings. The summed E-state index contributed by atoms with van der Waals surface area (Å²) in [6.45, 7) is 5.54. The second kappa shape index (κ2) is 9.93. The van der Waals surface area contributed by atoms with Gasteiger partial charge in [-0.3, -0.25) is 9.10 Å². The molecule has 0 bridgehead atoms. The lowest BCUT2D eigenvalue weighted by atomic mass is 10.0. The Morgan fingerprint density at radius 2 is 1.83 bits per heavy atom. The molecule has 0 heterocycles. The first-order valence-electron chi connectivity index (χ1n) is 9.82. The Kier molecular flexibility index (Phi) is 7.83. The molecule has 1 N–H and O–H groups in total. The van der Waals surface area contributed by atoms with E-state index in [0.717, 1.165) is 27.4 Å². The number of amides is 1. The Balaban J connectivity index is 2.37. The minimum Gasteiger partial charge on any atom is -0.496 e. The molecule has 0 aromatic heterocycles. The van der Waals surface area contributed by atoms with E-state index in [0.29, 0.717) is 6.42 Å². The highest BCUT2D eigenvalue weighted by Gasteiger charge is 2.34. The number of hydrogen-bond donors (Lipinski definition) is 1. The third-order valence-electron chi connectivity index (χ3n) is 4.97. The van der Waals surface area contributed by atoms with E-state index in [2.05, 4.69) is 5.32 Å². The molecule has 0 aliphatic rings. The summed E-state index contributed by atoms with van der Waals surface area (Å²) in [6, 6.07) is 9.77. The van der Waals surface area contributed by atoms with Gasteiger partial charge in [0.05, 0.1) is 25.1 Å². The average molecular weight is 437 g/mol. The van der Waals surface area contributed by atoms with Crippen molar-refractivity contribution in [2.24, 2.45) is 0 Å². The van der Waals surface area contributed by atoms with Gasteiger partial charge in [0.25, 0.3) is 0 Å². The Hall–Kier alpha value is -2.61. The monoisotopic (exact) mass is 436 g/mol. The van der Waals surface area contributed by atoms with Crippen molar-refractivity contribution in [1.29, 1.82) is 0 Å². The van der Waals surface area contributed by atoms with Crippen LogP contribution in [0.15, 0.2) is 42.5 Å². The number of benzene rings is 2. The van der Waals surface area contributed by atoms with E-state index in [9.17, 15) is 17.6 Å². The molecule has 164 valence electrons. The molecule has 2 atom stereocenters. The lowest BCUT2D eigenvalue weighted by Gasteiger charge is -2.31. The molecule has 2 aromatic carbocycles. The van der Waals surface area contributed by atoms with Gasteiger partial charge in [-0.15, -0.1) is 0 Å². The summed E-state index contributed by atoms with van der Waals surface area (Å²) >= 11 is 0. The molecule has 0 saturated heterocycles. The Morgan fingerprint density at radius 1 is 1.17 bits per heavy atom. The molecule has 2 aromatic rings. The van der Waals surface area contributed by atoms with Gasteiger partial charge in [0, 0.05) is 0 Å². The number of methoxy groups -OCH3 is 1.